The summed E-state index contributed by atoms with van der Waals surface area (Å²) in [5.74, 6) is 1.53. The lowest BCUT2D eigenvalue weighted by molar-refractivity contribution is 0.418. The molecule has 0 N–H and O–H groups in total. The first kappa shape index (κ1) is 13.2. The minimum absolute atomic E-state index is 0.692. The molecule has 1 aliphatic carbocycles. The van der Waals surface area contributed by atoms with Crippen molar-refractivity contribution in [3.63, 3.8) is 0 Å². The van der Waals surface area contributed by atoms with Gasteiger partial charge in [0.1, 0.15) is 0 Å². The molecule has 3 unspecified atom stereocenters. The van der Waals surface area contributed by atoms with E-state index in [-0.39, 0.29) is 0 Å². The molecule has 1 aliphatic rings. The van der Waals surface area contributed by atoms with Crippen LogP contribution in [0.2, 0.25) is 0 Å². The van der Waals surface area contributed by atoms with Crippen LogP contribution in [0.3, 0.4) is 0 Å². The van der Waals surface area contributed by atoms with Crippen molar-refractivity contribution in [2.24, 2.45) is 11.8 Å². The van der Waals surface area contributed by atoms with E-state index in [1.807, 2.05) is 0 Å². The Hall–Kier alpha value is -0.830. The van der Waals surface area contributed by atoms with Crippen LogP contribution >= 0.6 is 15.9 Å². The maximum absolute atomic E-state index is 4.83. The third kappa shape index (κ3) is 2.33. The molecule has 3 atom stereocenters. The normalized spacial score (nSPS) is 27.2. The Morgan fingerprint density at radius 3 is 2.79 bits per heavy atom. The Morgan fingerprint density at radius 2 is 2.11 bits per heavy atom. The summed E-state index contributed by atoms with van der Waals surface area (Å²) in [5, 5.41) is 6.17. The lowest BCUT2D eigenvalue weighted by atomic mass is 9.92. The number of hydrogen-bond donors (Lipinski definition) is 0. The van der Waals surface area contributed by atoms with Crippen LogP contribution in [0.4, 0.5) is 0 Å². The van der Waals surface area contributed by atoms with E-state index >= 15 is 0 Å². The van der Waals surface area contributed by atoms with E-state index in [2.05, 4.69) is 58.7 Å². The van der Waals surface area contributed by atoms with Crippen LogP contribution < -0.4 is 0 Å². The zero-order valence-corrected chi connectivity index (χ0v) is 13.2. The molecule has 1 aromatic heterocycles. The van der Waals surface area contributed by atoms with Crippen molar-refractivity contribution < 1.29 is 0 Å². The standard InChI is InChI=1S/C16H21BrN2/c1-3-19-16-7-5-4-6-13(16)15(18-19)10-12-8-9-14(17)11(12)2/h4-7,11-12,14H,3,8-10H2,1-2H3. The molecule has 2 nitrogen and oxygen atoms in total. The highest BCUT2D eigenvalue weighted by Crippen LogP contribution is 2.39. The number of nitrogens with zero attached hydrogens (tertiary/aromatic N) is 2. The number of hydrogen-bond acceptors (Lipinski definition) is 1. The number of aromatic nitrogens is 2. The van der Waals surface area contributed by atoms with E-state index in [1.165, 1.54) is 29.4 Å². The largest absolute Gasteiger partial charge is 0.265 e. The van der Waals surface area contributed by atoms with Gasteiger partial charge < -0.3 is 0 Å². The quantitative estimate of drug-likeness (QED) is 0.766. The zero-order chi connectivity index (χ0) is 13.4. The van der Waals surface area contributed by atoms with E-state index in [1.54, 1.807) is 0 Å². The number of para-hydroxylation sites is 1. The Morgan fingerprint density at radius 1 is 1.32 bits per heavy atom. The first-order chi connectivity index (χ1) is 9.20. The fourth-order valence-electron chi connectivity index (χ4n) is 3.32. The van der Waals surface area contributed by atoms with Crippen molar-refractivity contribution >= 4 is 26.8 Å². The number of rotatable bonds is 3. The Kier molecular flexibility index (Phi) is 3.66. The van der Waals surface area contributed by atoms with E-state index < -0.39 is 0 Å². The lowest BCUT2D eigenvalue weighted by Gasteiger charge is -2.16. The SMILES string of the molecule is CCn1nc(CC2CCC(Br)C2C)c2ccccc21. The first-order valence-corrected chi connectivity index (χ1v) is 8.20. The Balaban J connectivity index is 1.93. The summed E-state index contributed by atoms with van der Waals surface area (Å²) in [5.41, 5.74) is 2.57. The van der Waals surface area contributed by atoms with Gasteiger partial charge in [-0.25, -0.2) is 0 Å². The molecule has 102 valence electrons. The highest BCUT2D eigenvalue weighted by Gasteiger charge is 2.31. The molecule has 0 aliphatic heterocycles. The molecule has 2 aromatic rings. The summed E-state index contributed by atoms with van der Waals surface area (Å²) in [6, 6.07) is 8.63. The summed E-state index contributed by atoms with van der Waals surface area (Å²) < 4.78 is 2.13. The van der Waals surface area contributed by atoms with Crippen molar-refractivity contribution in [2.75, 3.05) is 0 Å². The molecular weight excluding hydrogens is 300 g/mol. The van der Waals surface area contributed by atoms with Crippen LogP contribution in [0.15, 0.2) is 24.3 Å². The molecule has 1 heterocycles. The minimum Gasteiger partial charge on any atom is -0.265 e. The van der Waals surface area contributed by atoms with Gasteiger partial charge in [-0.2, -0.15) is 5.10 Å². The smallest absolute Gasteiger partial charge is 0.0706 e. The summed E-state index contributed by atoms with van der Waals surface area (Å²) in [7, 11) is 0. The van der Waals surface area contributed by atoms with E-state index in [0.717, 1.165) is 24.8 Å². The van der Waals surface area contributed by atoms with Crippen LogP contribution in [0, 0.1) is 11.8 Å². The van der Waals surface area contributed by atoms with Crippen LogP contribution in [0.1, 0.15) is 32.4 Å². The summed E-state index contributed by atoms with van der Waals surface area (Å²) in [6.45, 7) is 5.48. The second kappa shape index (κ2) is 5.28. The maximum atomic E-state index is 4.83. The average molecular weight is 321 g/mol. The van der Waals surface area contributed by atoms with Gasteiger partial charge in [-0.15, -0.1) is 0 Å². The maximum Gasteiger partial charge on any atom is 0.0706 e. The molecule has 0 saturated heterocycles. The summed E-state index contributed by atoms with van der Waals surface area (Å²) >= 11 is 3.80. The van der Waals surface area contributed by atoms with Crippen molar-refractivity contribution in [3.05, 3.63) is 30.0 Å². The third-order valence-electron chi connectivity index (χ3n) is 4.62. The zero-order valence-electron chi connectivity index (χ0n) is 11.6. The molecule has 0 bridgehead atoms. The van der Waals surface area contributed by atoms with Crippen molar-refractivity contribution in [1.29, 1.82) is 0 Å². The number of halogens is 1. The second-order valence-corrected chi connectivity index (χ2v) is 6.87. The van der Waals surface area contributed by atoms with Gasteiger partial charge in [0.15, 0.2) is 0 Å². The molecule has 3 rings (SSSR count). The Labute approximate surface area is 123 Å². The molecule has 1 saturated carbocycles. The van der Waals surface area contributed by atoms with Gasteiger partial charge in [0.05, 0.1) is 11.2 Å². The van der Waals surface area contributed by atoms with Crippen molar-refractivity contribution in [3.8, 4) is 0 Å². The van der Waals surface area contributed by atoms with E-state index in [4.69, 9.17) is 5.10 Å². The van der Waals surface area contributed by atoms with Crippen LogP contribution in [0.25, 0.3) is 10.9 Å². The van der Waals surface area contributed by atoms with Gasteiger partial charge in [0, 0.05) is 16.8 Å². The fourth-order valence-corrected chi connectivity index (χ4v) is 4.01. The van der Waals surface area contributed by atoms with Crippen molar-refractivity contribution in [2.45, 2.75) is 44.5 Å². The van der Waals surface area contributed by atoms with Gasteiger partial charge in [-0.3, -0.25) is 4.68 Å². The van der Waals surface area contributed by atoms with Gasteiger partial charge in [-0.05, 0) is 44.1 Å². The van der Waals surface area contributed by atoms with Crippen LogP contribution in [0.5, 0.6) is 0 Å². The van der Waals surface area contributed by atoms with Crippen LogP contribution in [-0.2, 0) is 13.0 Å². The predicted molar refractivity (Wildman–Crippen MR) is 83.7 cm³/mol. The number of fused-ring (bicyclic) bond motifs is 1. The predicted octanol–water partition coefficient (Wildman–Crippen LogP) is 4.41. The van der Waals surface area contributed by atoms with E-state index in [0.29, 0.717) is 4.83 Å². The van der Waals surface area contributed by atoms with Gasteiger partial charge in [0.25, 0.3) is 0 Å². The second-order valence-electron chi connectivity index (χ2n) is 5.70. The highest BCUT2D eigenvalue weighted by molar-refractivity contribution is 9.09. The summed E-state index contributed by atoms with van der Waals surface area (Å²) in [6.07, 6.45) is 3.75. The summed E-state index contributed by atoms with van der Waals surface area (Å²) in [4.78, 5) is 0.692. The number of aryl methyl sites for hydroxylation is 1. The third-order valence-corrected chi connectivity index (χ3v) is 5.91. The van der Waals surface area contributed by atoms with Crippen LogP contribution in [-0.4, -0.2) is 14.6 Å². The first-order valence-electron chi connectivity index (χ1n) is 7.29. The molecule has 1 fully saturated rings. The Bertz CT molecular complexity index is 575. The molecule has 3 heteroatoms. The fraction of sp³-hybridized carbons (Fsp3) is 0.562. The molecule has 1 aromatic carbocycles. The lowest BCUT2D eigenvalue weighted by Crippen LogP contribution is -2.13. The van der Waals surface area contributed by atoms with Crippen molar-refractivity contribution in [1.82, 2.24) is 9.78 Å². The topological polar surface area (TPSA) is 17.8 Å². The molecule has 0 radical (unpaired) electrons. The van der Waals surface area contributed by atoms with Gasteiger partial charge >= 0.3 is 0 Å². The average Bonchev–Trinajstić information content (AvgIpc) is 2.95. The molecule has 19 heavy (non-hydrogen) atoms. The molecular formula is C16H21BrN2. The molecule has 0 amide bonds. The monoisotopic (exact) mass is 320 g/mol. The van der Waals surface area contributed by atoms with Gasteiger partial charge in [0.2, 0.25) is 0 Å². The number of alkyl halides is 1. The number of benzene rings is 1. The van der Waals surface area contributed by atoms with Gasteiger partial charge in [-0.1, -0.05) is 41.1 Å². The van der Waals surface area contributed by atoms with E-state index in [9.17, 15) is 0 Å². The minimum atomic E-state index is 0.692. The highest BCUT2D eigenvalue weighted by atomic mass is 79.9. The molecule has 0 spiro atoms.